The van der Waals surface area contributed by atoms with Crippen molar-refractivity contribution in [2.24, 2.45) is 0 Å². The van der Waals surface area contributed by atoms with Gasteiger partial charge in [0.1, 0.15) is 12.5 Å². The van der Waals surface area contributed by atoms with E-state index in [0.29, 0.717) is 0 Å². The van der Waals surface area contributed by atoms with E-state index in [1.807, 2.05) is 0 Å². The Balaban J connectivity index is 0.000000443. The standard InChI is InChI=1S/C6H8O7.C4H4O2/c7-3(8)1-6(13,5(11)12)2-4(9)10;1-2-4-6-5-3-1/h13H,1-2H2,(H,7,8)(H,9,10)(H,11,12);1-4H. The summed E-state index contributed by atoms with van der Waals surface area (Å²) >= 11 is 0. The first-order chi connectivity index (χ1) is 8.78. The zero-order valence-electron chi connectivity index (χ0n) is 9.55. The number of rotatable bonds is 5. The largest absolute Gasteiger partial charge is 0.481 e. The van der Waals surface area contributed by atoms with Gasteiger partial charge in [-0.05, 0) is 12.2 Å². The topological polar surface area (TPSA) is 151 Å². The van der Waals surface area contributed by atoms with Crippen LogP contribution in [0.2, 0.25) is 0 Å². The van der Waals surface area contributed by atoms with Crippen LogP contribution in [0.5, 0.6) is 0 Å². The maximum atomic E-state index is 10.3. The molecule has 0 saturated heterocycles. The lowest BCUT2D eigenvalue weighted by Gasteiger charge is -2.18. The number of allylic oxidation sites excluding steroid dienone is 2. The lowest BCUT2D eigenvalue weighted by atomic mass is 9.96. The van der Waals surface area contributed by atoms with Crippen molar-refractivity contribution in [1.29, 1.82) is 0 Å². The summed E-state index contributed by atoms with van der Waals surface area (Å²) in [6.07, 6.45) is 4.11. The van der Waals surface area contributed by atoms with Crippen LogP contribution in [0.1, 0.15) is 12.8 Å². The minimum atomic E-state index is -2.74. The van der Waals surface area contributed by atoms with Crippen LogP contribution in [0.4, 0.5) is 0 Å². The maximum absolute atomic E-state index is 10.3. The fourth-order valence-electron chi connectivity index (χ4n) is 0.933. The third-order valence-electron chi connectivity index (χ3n) is 1.72. The van der Waals surface area contributed by atoms with Crippen LogP contribution in [0.15, 0.2) is 24.7 Å². The smallest absolute Gasteiger partial charge is 0.336 e. The van der Waals surface area contributed by atoms with E-state index in [2.05, 4.69) is 9.78 Å². The summed E-state index contributed by atoms with van der Waals surface area (Å²) in [5, 5.41) is 33.8. The average Bonchev–Trinajstić information content (AvgIpc) is 2.29. The van der Waals surface area contributed by atoms with Gasteiger partial charge in [-0.1, -0.05) is 0 Å². The Kier molecular flexibility index (Phi) is 6.68. The first kappa shape index (κ1) is 16.4. The van der Waals surface area contributed by atoms with Crippen LogP contribution in [0, 0.1) is 0 Å². The van der Waals surface area contributed by atoms with Crippen LogP contribution in [-0.2, 0) is 24.2 Å². The second-order valence-corrected chi connectivity index (χ2v) is 3.33. The van der Waals surface area contributed by atoms with Crippen molar-refractivity contribution in [3.05, 3.63) is 24.7 Å². The summed E-state index contributed by atoms with van der Waals surface area (Å²) in [6.45, 7) is 0. The Labute approximate surface area is 106 Å². The van der Waals surface area contributed by atoms with Crippen LogP contribution >= 0.6 is 0 Å². The van der Waals surface area contributed by atoms with Crippen LogP contribution in [-0.4, -0.2) is 43.9 Å². The highest BCUT2D eigenvalue weighted by Crippen LogP contribution is 2.15. The molecule has 0 aliphatic carbocycles. The van der Waals surface area contributed by atoms with Gasteiger partial charge in [0, 0.05) is 0 Å². The second kappa shape index (κ2) is 7.71. The Morgan fingerprint density at radius 3 is 1.42 bits per heavy atom. The first-order valence-electron chi connectivity index (χ1n) is 4.81. The molecule has 9 nitrogen and oxygen atoms in total. The first-order valence-corrected chi connectivity index (χ1v) is 4.81. The van der Waals surface area contributed by atoms with Crippen LogP contribution < -0.4 is 0 Å². The summed E-state index contributed by atoms with van der Waals surface area (Å²) in [5.41, 5.74) is -2.74. The zero-order chi connectivity index (χ0) is 14.9. The molecule has 9 heteroatoms. The lowest BCUT2D eigenvalue weighted by molar-refractivity contribution is -0.198. The van der Waals surface area contributed by atoms with E-state index in [4.69, 9.17) is 20.4 Å². The highest BCUT2D eigenvalue weighted by Gasteiger charge is 2.40. The van der Waals surface area contributed by atoms with E-state index in [-0.39, 0.29) is 0 Å². The highest BCUT2D eigenvalue weighted by molar-refractivity contribution is 5.88. The van der Waals surface area contributed by atoms with Crippen LogP contribution in [0.3, 0.4) is 0 Å². The van der Waals surface area contributed by atoms with E-state index in [1.54, 1.807) is 12.2 Å². The number of carboxylic acid groups (broad SMARTS) is 3. The number of hydrogen-bond donors (Lipinski definition) is 4. The molecule has 0 saturated carbocycles. The van der Waals surface area contributed by atoms with E-state index < -0.39 is 36.4 Å². The van der Waals surface area contributed by atoms with Gasteiger partial charge < -0.3 is 20.4 Å². The molecule has 19 heavy (non-hydrogen) atoms. The molecular weight excluding hydrogens is 264 g/mol. The molecule has 0 aromatic rings. The predicted molar refractivity (Wildman–Crippen MR) is 57.5 cm³/mol. The molecule has 0 atom stereocenters. The molecular formula is C10H12O9. The second-order valence-electron chi connectivity index (χ2n) is 3.33. The molecule has 0 aromatic carbocycles. The highest BCUT2D eigenvalue weighted by atomic mass is 17.2. The van der Waals surface area contributed by atoms with Gasteiger partial charge in [0.2, 0.25) is 0 Å². The summed E-state index contributed by atoms with van der Waals surface area (Å²) in [6, 6.07) is 0. The Morgan fingerprint density at radius 1 is 0.895 bits per heavy atom. The van der Waals surface area contributed by atoms with E-state index >= 15 is 0 Å². The minimum Gasteiger partial charge on any atom is -0.481 e. The SMILES string of the molecule is C1=COOC=C1.O=C(O)CC(O)(CC(=O)O)C(=O)O. The molecule has 0 spiro atoms. The lowest BCUT2D eigenvalue weighted by Crippen LogP contribution is -2.42. The monoisotopic (exact) mass is 276 g/mol. The molecule has 1 aliphatic heterocycles. The Morgan fingerprint density at radius 2 is 1.26 bits per heavy atom. The summed E-state index contributed by atoms with van der Waals surface area (Å²) in [4.78, 5) is 39.1. The molecule has 0 bridgehead atoms. The van der Waals surface area contributed by atoms with Crippen molar-refractivity contribution in [2.45, 2.75) is 18.4 Å². The van der Waals surface area contributed by atoms with Gasteiger partial charge in [-0.15, -0.1) is 0 Å². The summed E-state index contributed by atoms with van der Waals surface area (Å²) in [7, 11) is 0. The summed E-state index contributed by atoms with van der Waals surface area (Å²) < 4.78 is 0. The normalized spacial score (nSPS) is 12.5. The molecule has 1 heterocycles. The quantitative estimate of drug-likeness (QED) is 0.497. The Bertz CT molecular complexity index is 368. The van der Waals surface area contributed by atoms with Gasteiger partial charge in [0.05, 0.1) is 12.8 Å². The Hall–Kier alpha value is -2.55. The average molecular weight is 276 g/mol. The molecule has 0 amide bonds. The van der Waals surface area contributed by atoms with Crippen molar-refractivity contribution in [3.8, 4) is 0 Å². The predicted octanol–water partition coefficient (Wildman–Crippen LogP) is -0.273. The van der Waals surface area contributed by atoms with Gasteiger partial charge >= 0.3 is 17.9 Å². The fraction of sp³-hybridized carbons (Fsp3) is 0.300. The van der Waals surface area contributed by atoms with Crippen molar-refractivity contribution in [3.63, 3.8) is 0 Å². The molecule has 0 unspecified atom stereocenters. The number of hydrogen-bond acceptors (Lipinski definition) is 6. The molecule has 0 fully saturated rings. The molecule has 1 rings (SSSR count). The molecule has 4 N–H and O–H groups in total. The fourth-order valence-corrected chi connectivity index (χ4v) is 0.933. The molecule has 106 valence electrons. The third-order valence-corrected chi connectivity index (χ3v) is 1.72. The summed E-state index contributed by atoms with van der Waals surface area (Å²) in [5.74, 6) is -5.02. The van der Waals surface area contributed by atoms with Gasteiger partial charge in [0.15, 0.2) is 5.60 Å². The van der Waals surface area contributed by atoms with Crippen molar-refractivity contribution in [2.75, 3.05) is 0 Å². The number of aliphatic hydroxyl groups is 1. The van der Waals surface area contributed by atoms with Crippen molar-refractivity contribution >= 4 is 17.9 Å². The third kappa shape index (κ3) is 7.39. The van der Waals surface area contributed by atoms with E-state index in [0.717, 1.165) is 0 Å². The van der Waals surface area contributed by atoms with Gasteiger partial charge in [-0.3, -0.25) is 19.4 Å². The van der Waals surface area contributed by atoms with Gasteiger partial charge in [-0.2, -0.15) is 0 Å². The van der Waals surface area contributed by atoms with Crippen molar-refractivity contribution < 1.29 is 44.6 Å². The number of carbonyl (C=O) groups is 3. The number of carboxylic acids is 3. The van der Waals surface area contributed by atoms with Crippen LogP contribution in [0.25, 0.3) is 0 Å². The maximum Gasteiger partial charge on any atom is 0.336 e. The van der Waals surface area contributed by atoms with E-state index in [9.17, 15) is 14.4 Å². The van der Waals surface area contributed by atoms with E-state index in [1.165, 1.54) is 12.5 Å². The van der Waals surface area contributed by atoms with Gasteiger partial charge in [0.25, 0.3) is 0 Å². The molecule has 0 radical (unpaired) electrons. The van der Waals surface area contributed by atoms with Crippen molar-refractivity contribution in [1.82, 2.24) is 0 Å². The zero-order valence-corrected chi connectivity index (χ0v) is 9.55. The molecule has 0 aromatic heterocycles. The number of aliphatic carboxylic acids is 3. The van der Waals surface area contributed by atoms with Gasteiger partial charge in [-0.25, -0.2) is 4.79 Å². The molecule has 1 aliphatic rings. The minimum absolute atomic E-state index is 1.14.